The van der Waals surface area contributed by atoms with Crippen molar-refractivity contribution in [2.24, 2.45) is 20.0 Å². The molecule has 0 amide bonds. The summed E-state index contributed by atoms with van der Waals surface area (Å²) in [5.41, 5.74) is 7.09. The summed E-state index contributed by atoms with van der Waals surface area (Å²) in [6.07, 6.45) is 11.3. The van der Waals surface area contributed by atoms with E-state index in [0.717, 1.165) is 11.1 Å². The van der Waals surface area contributed by atoms with Crippen molar-refractivity contribution in [3.8, 4) is 0 Å². The second kappa shape index (κ2) is 24.4. The molecule has 4 rings (SSSR count). The number of aryl methyl sites for hydroxylation is 2. The molecule has 8 heteroatoms. The number of rotatable bonds is 6. The van der Waals surface area contributed by atoms with E-state index in [1.54, 1.807) is 38.1 Å². The van der Waals surface area contributed by atoms with Crippen LogP contribution in [-0.4, -0.2) is 24.9 Å². The van der Waals surface area contributed by atoms with Gasteiger partial charge in [0.05, 0.1) is 0 Å². The Labute approximate surface area is 340 Å². The Morgan fingerprint density at radius 2 is 0.875 bits per heavy atom. The first-order chi connectivity index (χ1) is 17.6. The summed E-state index contributed by atoms with van der Waals surface area (Å²) < 4.78 is 0. The summed E-state index contributed by atoms with van der Waals surface area (Å²) in [5, 5.41) is 0. The molecule has 0 bridgehead atoms. The molecule has 0 aliphatic carbocycles. The van der Waals surface area contributed by atoms with Crippen molar-refractivity contribution in [2.75, 3.05) is 0 Å². The molecule has 0 unspecified atom stereocenters. The van der Waals surface area contributed by atoms with E-state index in [-0.39, 0.29) is 131 Å². The zero-order valence-corrected chi connectivity index (χ0v) is 34.4. The first-order valence-corrected chi connectivity index (χ1v) is 11.2. The number of aliphatic imine (C=N–C) groups is 4. The second-order valence-electron chi connectivity index (χ2n) is 7.55. The van der Waals surface area contributed by atoms with Gasteiger partial charge in [-0.15, -0.1) is 73.5 Å². The van der Waals surface area contributed by atoms with Crippen LogP contribution in [0.25, 0.3) is 0 Å². The maximum atomic E-state index is 4.24. The molecular formula is C32H24N4Y4-8. The van der Waals surface area contributed by atoms with Crippen LogP contribution in [0.3, 0.4) is 0 Å². The summed E-state index contributed by atoms with van der Waals surface area (Å²) in [6.45, 7) is 7.58. The first-order valence-electron chi connectivity index (χ1n) is 11.2. The summed E-state index contributed by atoms with van der Waals surface area (Å²) in [5.74, 6) is 0. The van der Waals surface area contributed by atoms with Gasteiger partial charge >= 0.3 is 0 Å². The van der Waals surface area contributed by atoms with Crippen LogP contribution in [-0.2, 0) is 131 Å². The fraction of sp³-hybridized carbons (Fsp3) is 0.125. The standard InChI is InChI=1S/2C16H12N2.4Y/c1-3-17-15-8-10-16(11-9-15)18-12-14-6-4-13(2)5-7-14;1-3-17-15-5-4-6-16(11-15)18-12-14-9-7-13(2)8-10-14;;;;/h4-8,11H,1-2H3;4,7-11H,1-2H3;;;;/q2*-4;;;;. The average molecular weight is 820 g/mol. The molecule has 0 fully saturated rings. The Kier molecular flexibility index (Phi) is 25.7. The third kappa shape index (κ3) is 16.6. The van der Waals surface area contributed by atoms with Gasteiger partial charge < -0.3 is 49.9 Å². The second-order valence-corrected chi connectivity index (χ2v) is 7.55. The largest absolute Gasteiger partial charge is 0.506 e. The molecule has 0 saturated carbocycles. The van der Waals surface area contributed by atoms with E-state index in [9.17, 15) is 0 Å². The minimum absolute atomic E-state index is 0. The predicted molar refractivity (Wildman–Crippen MR) is 149 cm³/mol. The summed E-state index contributed by atoms with van der Waals surface area (Å²) in [4.78, 5) is 16.4. The van der Waals surface area contributed by atoms with Gasteiger partial charge in [-0.05, 0) is 26.3 Å². The molecule has 0 heterocycles. The van der Waals surface area contributed by atoms with Crippen molar-refractivity contribution in [1.29, 1.82) is 0 Å². The molecule has 4 nitrogen and oxygen atoms in total. The van der Waals surface area contributed by atoms with E-state index >= 15 is 0 Å². The summed E-state index contributed by atoms with van der Waals surface area (Å²) >= 11 is 0. The topological polar surface area (TPSA) is 49.4 Å². The van der Waals surface area contributed by atoms with Gasteiger partial charge in [-0.3, -0.25) is 23.9 Å². The third-order valence-electron chi connectivity index (χ3n) is 4.61. The van der Waals surface area contributed by atoms with Crippen molar-refractivity contribution in [3.05, 3.63) is 119 Å². The molecule has 4 aromatic rings. The number of benzene rings is 4. The van der Waals surface area contributed by atoms with E-state index in [4.69, 9.17) is 0 Å². The van der Waals surface area contributed by atoms with Crippen LogP contribution in [0.4, 0.5) is 22.7 Å². The third-order valence-corrected chi connectivity index (χ3v) is 4.61. The van der Waals surface area contributed by atoms with Gasteiger partial charge in [-0.1, -0.05) is 11.1 Å². The van der Waals surface area contributed by atoms with Gasteiger partial charge in [-0.2, -0.15) is 23.8 Å². The SMILES string of the molecule is C[C-]=Nc1[c-]c[c-]c(N=[C-]c2ccc(C)cc2)c1.C[C-]=Nc1[c-]cc(N=[C-]c2ccc(C)cc2)[c-]c1.[Y].[Y].[Y].[Y]. The Hall–Kier alpha value is -0.0244. The molecule has 192 valence electrons. The predicted octanol–water partition coefficient (Wildman–Crippen LogP) is 7.63. The van der Waals surface area contributed by atoms with Crippen molar-refractivity contribution in [2.45, 2.75) is 27.7 Å². The zero-order chi connectivity index (χ0) is 25.6. The number of nitrogens with zero attached hydrogens (tertiary/aromatic N) is 4. The molecule has 0 aromatic heterocycles. The Morgan fingerprint density at radius 3 is 1.30 bits per heavy atom. The molecule has 4 radical (unpaired) electrons. The van der Waals surface area contributed by atoms with Gasteiger partial charge in [0.25, 0.3) is 0 Å². The van der Waals surface area contributed by atoms with Crippen molar-refractivity contribution < 1.29 is 131 Å². The maximum absolute atomic E-state index is 4.24. The molecule has 0 spiro atoms. The van der Waals surface area contributed by atoms with E-state index in [1.807, 2.05) is 62.4 Å². The van der Waals surface area contributed by atoms with Crippen LogP contribution in [0.5, 0.6) is 0 Å². The van der Waals surface area contributed by atoms with Crippen LogP contribution < -0.4 is 0 Å². The fourth-order valence-corrected chi connectivity index (χ4v) is 2.77. The van der Waals surface area contributed by atoms with E-state index < -0.39 is 0 Å². The summed E-state index contributed by atoms with van der Waals surface area (Å²) in [7, 11) is 0. The molecule has 0 aliphatic rings. The van der Waals surface area contributed by atoms with Crippen molar-refractivity contribution in [3.63, 3.8) is 0 Å². The van der Waals surface area contributed by atoms with Crippen LogP contribution >= 0.6 is 0 Å². The average Bonchev–Trinajstić information content (AvgIpc) is 2.90. The number of hydrogen-bond donors (Lipinski definition) is 0. The molecular weight excluding hydrogens is 796 g/mol. The van der Waals surface area contributed by atoms with Crippen LogP contribution in [0.2, 0.25) is 0 Å². The Bertz CT molecular complexity index is 1350. The van der Waals surface area contributed by atoms with E-state index in [1.165, 1.54) is 11.1 Å². The van der Waals surface area contributed by atoms with Crippen LogP contribution in [0, 0.1) is 38.1 Å². The summed E-state index contributed by atoms with van der Waals surface area (Å²) in [6, 6.07) is 34.9. The molecule has 0 N–H and O–H groups in total. The van der Waals surface area contributed by atoms with Crippen molar-refractivity contribution in [1.82, 2.24) is 0 Å². The molecule has 0 saturated heterocycles. The molecule has 0 aliphatic heterocycles. The molecule has 4 aromatic carbocycles. The minimum atomic E-state index is 0. The van der Waals surface area contributed by atoms with E-state index in [2.05, 4.69) is 69.1 Å². The van der Waals surface area contributed by atoms with Crippen molar-refractivity contribution >= 4 is 47.6 Å². The smallest absolute Gasteiger partial charge is 0 e. The van der Waals surface area contributed by atoms with Gasteiger partial charge in [0, 0.05) is 131 Å². The Balaban J connectivity index is 0. The number of hydrogen-bond acceptors (Lipinski definition) is 4. The minimum Gasteiger partial charge on any atom is -0.506 e. The molecule has 0 atom stereocenters. The monoisotopic (exact) mass is 820 g/mol. The van der Waals surface area contributed by atoms with E-state index in [0.29, 0.717) is 22.7 Å². The van der Waals surface area contributed by atoms with Gasteiger partial charge in [-0.25, -0.2) is 6.07 Å². The quantitative estimate of drug-likeness (QED) is 0.142. The first kappa shape index (κ1) is 42.1. The van der Waals surface area contributed by atoms with Crippen LogP contribution in [0.1, 0.15) is 36.1 Å². The maximum Gasteiger partial charge on any atom is 0 e. The molecule has 40 heavy (non-hydrogen) atoms. The van der Waals surface area contributed by atoms with Gasteiger partial charge in [0.1, 0.15) is 0 Å². The fourth-order valence-electron chi connectivity index (χ4n) is 2.77. The normalized spacial score (nSPS) is 10.3. The Morgan fingerprint density at radius 1 is 0.500 bits per heavy atom. The zero-order valence-electron chi connectivity index (χ0n) is 23.0. The van der Waals surface area contributed by atoms with Gasteiger partial charge in [0.15, 0.2) is 0 Å². The van der Waals surface area contributed by atoms with Gasteiger partial charge in [0.2, 0.25) is 0 Å². The van der Waals surface area contributed by atoms with Crippen LogP contribution in [0.15, 0.2) is 92.8 Å².